The number of amides is 1. The van der Waals surface area contributed by atoms with Gasteiger partial charge in [-0.1, -0.05) is 13.3 Å². The van der Waals surface area contributed by atoms with Crippen LogP contribution < -0.4 is 9.47 Å². The Hall–Kier alpha value is -2.08. The summed E-state index contributed by atoms with van der Waals surface area (Å²) in [5.41, 5.74) is 1.89. The molecule has 146 valence electrons. The minimum Gasteiger partial charge on any atom is -0.497 e. The smallest absolute Gasteiger partial charge is 0.266 e. The molecule has 0 unspecified atom stereocenters. The standard InChI is InChI=1S/C21H28N2O3S/c1-5-6-9-19-22-14(2)20(27-19)21(24)23-12-7-8-17(23)16-11-10-15(25-3)13-18(16)26-4/h10-11,13,17H,5-9,12H2,1-4H3/t17-/m0/s1. The molecular weight excluding hydrogens is 360 g/mol. The molecule has 0 radical (unpaired) electrons. The summed E-state index contributed by atoms with van der Waals surface area (Å²) in [5, 5.41) is 1.07. The average Bonchev–Trinajstić information content (AvgIpc) is 3.32. The van der Waals surface area contributed by atoms with Gasteiger partial charge >= 0.3 is 0 Å². The van der Waals surface area contributed by atoms with Gasteiger partial charge in [-0.05, 0) is 44.7 Å². The number of aromatic nitrogens is 1. The van der Waals surface area contributed by atoms with Crippen LogP contribution in [0.2, 0.25) is 0 Å². The molecule has 0 aliphatic carbocycles. The highest BCUT2D eigenvalue weighted by Gasteiger charge is 2.34. The zero-order valence-corrected chi connectivity index (χ0v) is 17.4. The number of ether oxygens (including phenoxy) is 2. The molecule has 1 aliphatic heterocycles. The van der Waals surface area contributed by atoms with Gasteiger partial charge in [-0.2, -0.15) is 0 Å². The summed E-state index contributed by atoms with van der Waals surface area (Å²) in [6.07, 6.45) is 5.12. The van der Waals surface area contributed by atoms with E-state index in [4.69, 9.17) is 9.47 Å². The van der Waals surface area contributed by atoms with Crippen molar-refractivity contribution < 1.29 is 14.3 Å². The van der Waals surface area contributed by atoms with Crippen molar-refractivity contribution in [1.29, 1.82) is 0 Å². The van der Waals surface area contributed by atoms with E-state index in [9.17, 15) is 4.79 Å². The van der Waals surface area contributed by atoms with E-state index in [0.29, 0.717) is 0 Å². The fourth-order valence-electron chi connectivity index (χ4n) is 3.64. The third-order valence-corrected chi connectivity index (χ3v) is 6.30. The highest BCUT2D eigenvalue weighted by molar-refractivity contribution is 7.13. The van der Waals surface area contributed by atoms with Crippen LogP contribution in [0.4, 0.5) is 0 Å². The van der Waals surface area contributed by atoms with Gasteiger partial charge in [0.05, 0.1) is 31.0 Å². The molecule has 1 aliphatic rings. The molecule has 5 nitrogen and oxygen atoms in total. The Labute approximate surface area is 165 Å². The molecule has 0 N–H and O–H groups in total. The molecular formula is C21H28N2O3S. The van der Waals surface area contributed by atoms with Crippen molar-refractivity contribution in [3.8, 4) is 11.5 Å². The molecule has 1 aromatic heterocycles. The molecule has 0 bridgehead atoms. The highest BCUT2D eigenvalue weighted by Crippen LogP contribution is 2.40. The van der Waals surface area contributed by atoms with Gasteiger partial charge in [0, 0.05) is 18.2 Å². The van der Waals surface area contributed by atoms with Crippen molar-refractivity contribution in [2.45, 2.75) is 52.0 Å². The predicted octanol–water partition coefficient (Wildman–Crippen LogP) is 4.79. The van der Waals surface area contributed by atoms with Crippen LogP contribution in [-0.2, 0) is 6.42 Å². The van der Waals surface area contributed by atoms with E-state index in [1.807, 2.05) is 30.0 Å². The monoisotopic (exact) mass is 388 g/mol. The van der Waals surface area contributed by atoms with Gasteiger partial charge in [-0.15, -0.1) is 11.3 Å². The van der Waals surface area contributed by atoms with Crippen LogP contribution >= 0.6 is 11.3 Å². The Bertz CT molecular complexity index is 803. The number of likely N-dealkylation sites (tertiary alicyclic amines) is 1. The van der Waals surface area contributed by atoms with Crippen molar-refractivity contribution in [2.24, 2.45) is 0 Å². The van der Waals surface area contributed by atoms with E-state index in [-0.39, 0.29) is 11.9 Å². The molecule has 1 saturated heterocycles. The van der Waals surface area contributed by atoms with Crippen LogP contribution in [0, 0.1) is 6.92 Å². The first-order valence-electron chi connectivity index (χ1n) is 9.58. The number of aryl methyl sites for hydroxylation is 2. The molecule has 1 aromatic carbocycles. The quantitative estimate of drug-likeness (QED) is 0.684. The summed E-state index contributed by atoms with van der Waals surface area (Å²) in [5.74, 6) is 1.61. The number of thiazole rings is 1. The van der Waals surface area contributed by atoms with Gasteiger partial charge in [0.2, 0.25) is 0 Å². The Morgan fingerprint density at radius 3 is 2.85 bits per heavy atom. The van der Waals surface area contributed by atoms with E-state index < -0.39 is 0 Å². The maximum Gasteiger partial charge on any atom is 0.266 e. The minimum absolute atomic E-state index is 0.0268. The minimum atomic E-state index is 0.0268. The van der Waals surface area contributed by atoms with Crippen LogP contribution in [0.3, 0.4) is 0 Å². The van der Waals surface area contributed by atoms with Crippen molar-refractivity contribution in [3.05, 3.63) is 39.3 Å². The lowest BCUT2D eigenvalue weighted by atomic mass is 10.0. The van der Waals surface area contributed by atoms with Crippen LogP contribution in [0.25, 0.3) is 0 Å². The molecule has 1 atom stereocenters. The number of rotatable bonds is 7. The van der Waals surface area contributed by atoms with Crippen molar-refractivity contribution in [1.82, 2.24) is 9.88 Å². The Morgan fingerprint density at radius 2 is 2.15 bits per heavy atom. The van der Waals surface area contributed by atoms with Crippen LogP contribution in [-0.4, -0.2) is 36.6 Å². The van der Waals surface area contributed by atoms with Gasteiger partial charge in [0.1, 0.15) is 16.4 Å². The largest absolute Gasteiger partial charge is 0.497 e. The van der Waals surface area contributed by atoms with Crippen LogP contribution in [0.15, 0.2) is 18.2 Å². The predicted molar refractivity (Wildman–Crippen MR) is 108 cm³/mol. The third-order valence-electron chi connectivity index (χ3n) is 5.09. The van der Waals surface area contributed by atoms with E-state index in [1.165, 1.54) is 0 Å². The molecule has 0 saturated carbocycles. The van der Waals surface area contributed by atoms with Gasteiger partial charge in [-0.3, -0.25) is 4.79 Å². The number of hydrogen-bond donors (Lipinski definition) is 0. The molecule has 27 heavy (non-hydrogen) atoms. The summed E-state index contributed by atoms with van der Waals surface area (Å²) in [7, 11) is 3.30. The lowest BCUT2D eigenvalue weighted by Gasteiger charge is -2.26. The number of unbranched alkanes of at least 4 members (excludes halogenated alkanes) is 1. The second-order valence-corrected chi connectivity index (χ2v) is 7.97. The Balaban J connectivity index is 1.86. The topological polar surface area (TPSA) is 51.7 Å². The number of benzene rings is 1. The summed E-state index contributed by atoms with van der Waals surface area (Å²) >= 11 is 1.55. The average molecular weight is 389 g/mol. The van der Waals surface area contributed by atoms with Crippen molar-refractivity contribution >= 4 is 17.2 Å². The first kappa shape index (κ1) is 19.7. The summed E-state index contributed by atoms with van der Waals surface area (Å²) in [6.45, 7) is 4.88. The van der Waals surface area contributed by atoms with E-state index in [1.54, 1.807) is 25.6 Å². The van der Waals surface area contributed by atoms with Crippen molar-refractivity contribution in [3.63, 3.8) is 0 Å². The molecule has 0 spiro atoms. The summed E-state index contributed by atoms with van der Waals surface area (Å²) in [4.78, 5) is 20.7. The fraction of sp³-hybridized carbons (Fsp3) is 0.524. The van der Waals surface area contributed by atoms with Gasteiger partial charge in [0.15, 0.2) is 0 Å². The normalized spacial score (nSPS) is 16.6. The van der Waals surface area contributed by atoms with Gasteiger partial charge in [0.25, 0.3) is 5.91 Å². The van der Waals surface area contributed by atoms with E-state index in [0.717, 1.165) is 71.3 Å². The molecule has 3 rings (SSSR count). The second-order valence-electron chi connectivity index (χ2n) is 6.89. The van der Waals surface area contributed by atoms with Crippen LogP contribution in [0.5, 0.6) is 11.5 Å². The Kier molecular flexibility index (Phi) is 6.37. The lowest BCUT2D eigenvalue weighted by Crippen LogP contribution is -2.30. The number of carbonyl (C=O) groups is 1. The Morgan fingerprint density at radius 1 is 1.33 bits per heavy atom. The summed E-state index contributed by atoms with van der Waals surface area (Å²) in [6, 6.07) is 5.86. The second kappa shape index (κ2) is 8.74. The molecule has 1 amide bonds. The van der Waals surface area contributed by atoms with Crippen molar-refractivity contribution in [2.75, 3.05) is 20.8 Å². The fourth-order valence-corrected chi connectivity index (χ4v) is 4.71. The molecule has 2 aromatic rings. The highest BCUT2D eigenvalue weighted by atomic mass is 32.1. The summed E-state index contributed by atoms with van der Waals surface area (Å²) < 4.78 is 10.9. The van der Waals surface area contributed by atoms with E-state index >= 15 is 0 Å². The number of nitrogens with zero attached hydrogens (tertiary/aromatic N) is 2. The zero-order chi connectivity index (χ0) is 19.4. The first-order valence-corrected chi connectivity index (χ1v) is 10.4. The first-order chi connectivity index (χ1) is 13.1. The third kappa shape index (κ3) is 4.10. The maximum atomic E-state index is 13.3. The maximum absolute atomic E-state index is 13.3. The lowest BCUT2D eigenvalue weighted by molar-refractivity contribution is 0.0738. The molecule has 1 fully saturated rings. The van der Waals surface area contributed by atoms with Gasteiger partial charge < -0.3 is 14.4 Å². The van der Waals surface area contributed by atoms with E-state index in [2.05, 4.69) is 11.9 Å². The zero-order valence-electron chi connectivity index (χ0n) is 16.6. The SMILES string of the molecule is CCCCc1nc(C)c(C(=O)N2CCC[C@H]2c2ccc(OC)cc2OC)s1. The van der Waals surface area contributed by atoms with Crippen LogP contribution in [0.1, 0.15) is 64.6 Å². The number of methoxy groups -OCH3 is 2. The molecule has 6 heteroatoms. The number of hydrogen-bond acceptors (Lipinski definition) is 5. The number of carbonyl (C=O) groups excluding carboxylic acids is 1. The van der Waals surface area contributed by atoms with Gasteiger partial charge in [-0.25, -0.2) is 4.98 Å². The molecule has 2 heterocycles.